The molecule has 0 saturated heterocycles. The van der Waals surface area contributed by atoms with Gasteiger partial charge in [0.05, 0.1) is 4.47 Å². The van der Waals surface area contributed by atoms with Gasteiger partial charge in [0.1, 0.15) is 0 Å². The van der Waals surface area contributed by atoms with Gasteiger partial charge in [-0.05, 0) is 28.1 Å². The van der Waals surface area contributed by atoms with Crippen LogP contribution in [0.3, 0.4) is 0 Å². The van der Waals surface area contributed by atoms with E-state index in [-0.39, 0.29) is 15.9 Å². The normalized spacial score (nSPS) is 9.77. The quantitative estimate of drug-likeness (QED) is 0.793. The van der Waals surface area contributed by atoms with Crippen molar-refractivity contribution in [2.24, 2.45) is 0 Å². The fourth-order valence-corrected chi connectivity index (χ4v) is 1.30. The summed E-state index contributed by atoms with van der Waals surface area (Å²) < 4.78 is 12.9. The minimum absolute atomic E-state index is 0.0612. The second kappa shape index (κ2) is 3.74. The summed E-state index contributed by atoms with van der Waals surface area (Å²) in [5.41, 5.74) is 0.202. The van der Waals surface area contributed by atoms with Gasteiger partial charge in [-0.15, -0.1) is 0 Å². The predicted molar refractivity (Wildman–Crippen MR) is 49.2 cm³/mol. The first-order valence-electron chi connectivity index (χ1n) is 3.46. The van der Waals surface area contributed by atoms with Crippen LogP contribution in [0.15, 0.2) is 16.6 Å². The molecule has 13 heavy (non-hydrogen) atoms. The zero-order valence-electron chi connectivity index (χ0n) is 6.77. The third kappa shape index (κ3) is 1.98. The maximum atomic E-state index is 12.8. The van der Waals surface area contributed by atoms with E-state index in [1.807, 2.05) is 0 Å². The number of aromatic hydroxyl groups is 1. The van der Waals surface area contributed by atoms with Gasteiger partial charge in [0.15, 0.2) is 11.6 Å². The minimum atomic E-state index is -0.771. The van der Waals surface area contributed by atoms with Gasteiger partial charge < -0.3 is 10.4 Å². The average molecular weight is 248 g/mol. The number of hydrogen-bond donors (Lipinski definition) is 2. The third-order valence-electron chi connectivity index (χ3n) is 1.50. The minimum Gasteiger partial charge on any atom is -0.505 e. The molecule has 0 unspecified atom stereocenters. The third-order valence-corrected chi connectivity index (χ3v) is 2.08. The molecule has 0 saturated carbocycles. The molecule has 0 atom stereocenters. The van der Waals surface area contributed by atoms with Crippen LogP contribution in [0, 0.1) is 5.82 Å². The Hall–Kier alpha value is -1.10. The van der Waals surface area contributed by atoms with Gasteiger partial charge in [-0.3, -0.25) is 4.79 Å². The summed E-state index contributed by atoms with van der Waals surface area (Å²) >= 11 is 2.88. The number of amides is 1. The topological polar surface area (TPSA) is 49.3 Å². The molecule has 1 rings (SSSR count). The summed E-state index contributed by atoms with van der Waals surface area (Å²) in [5.74, 6) is -1.70. The number of nitrogens with one attached hydrogen (secondary N) is 1. The summed E-state index contributed by atoms with van der Waals surface area (Å²) in [7, 11) is 1.46. The van der Waals surface area contributed by atoms with E-state index in [0.717, 1.165) is 6.07 Å². The average Bonchev–Trinajstić information content (AvgIpc) is 2.12. The molecule has 2 N–H and O–H groups in total. The summed E-state index contributed by atoms with van der Waals surface area (Å²) in [6.45, 7) is 0. The number of carbonyl (C=O) groups is 1. The molecule has 0 aliphatic rings. The highest BCUT2D eigenvalue weighted by atomic mass is 79.9. The Morgan fingerprint density at radius 2 is 2.23 bits per heavy atom. The number of phenolic OH excluding ortho intramolecular Hbond substituents is 1. The highest BCUT2D eigenvalue weighted by Crippen LogP contribution is 2.25. The molecule has 1 aromatic rings. The van der Waals surface area contributed by atoms with Gasteiger partial charge in [-0.2, -0.15) is 0 Å². The maximum Gasteiger partial charge on any atom is 0.251 e. The van der Waals surface area contributed by atoms with Gasteiger partial charge in [-0.1, -0.05) is 0 Å². The second-order valence-corrected chi connectivity index (χ2v) is 3.22. The van der Waals surface area contributed by atoms with Crippen LogP contribution in [0.1, 0.15) is 10.4 Å². The first kappa shape index (κ1) is 9.98. The van der Waals surface area contributed by atoms with Gasteiger partial charge in [0.2, 0.25) is 0 Å². The highest BCUT2D eigenvalue weighted by Gasteiger charge is 2.11. The zero-order chi connectivity index (χ0) is 10.0. The standard InChI is InChI=1S/C8H7BrFNO2/c1-11-8(13)4-2-5(9)7(10)6(12)3-4/h2-3,12H,1H3,(H,11,13). The molecule has 0 aliphatic carbocycles. The number of rotatable bonds is 1. The van der Waals surface area contributed by atoms with E-state index < -0.39 is 11.6 Å². The molecule has 0 aromatic heterocycles. The Kier molecular flexibility index (Phi) is 2.87. The Bertz CT molecular complexity index is 331. The van der Waals surface area contributed by atoms with Gasteiger partial charge in [-0.25, -0.2) is 4.39 Å². The summed E-state index contributed by atoms with van der Waals surface area (Å²) in [5, 5.41) is 11.4. The Balaban J connectivity index is 3.20. The molecule has 0 heterocycles. The molecule has 1 aromatic carbocycles. The van der Waals surface area contributed by atoms with Crippen molar-refractivity contribution < 1.29 is 14.3 Å². The fourth-order valence-electron chi connectivity index (χ4n) is 0.850. The molecular formula is C8H7BrFNO2. The van der Waals surface area contributed by atoms with Crippen LogP contribution in [0.4, 0.5) is 4.39 Å². The van der Waals surface area contributed by atoms with Crippen molar-refractivity contribution in [1.82, 2.24) is 5.32 Å². The molecule has 0 radical (unpaired) electrons. The summed E-state index contributed by atoms with van der Waals surface area (Å²) in [4.78, 5) is 11.1. The van der Waals surface area contributed by atoms with Crippen molar-refractivity contribution >= 4 is 21.8 Å². The van der Waals surface area contributed by atoms with E-state index in [1.165, 1.54) is 13.1 Å². The first-order valence-corrected chi connectivity index (χ1v) is 4.25. The van der Waals surface area contributed by atoms with Crippen LogP contribution >= 0.6 is 15.9 Å². The zero-order valence-corrected chi connectivity index (χ0v) is 8.35. The van der Waals surface area contributed by atoms with Crippen molar-refractivity contribution in [2.75, 3.05) is 7.05 Å². The predicted octanol–water partition coefficient (Wildman–Crippen LogP) is 1.65. The SMILES string of the molecule is CNC(=O)c1cc(O)c(F)c(Br)c1. The summed E-state index contributed by atoms with van der Waals surface area (Å²) in [6.07, 6.45) is 0. The van der Waals surface area contributed by atoms with E-state index in [1.54, 1.807) is 0 Å². The lowest BCUT2D eigenvalue weighted by atomic mass is 10.2. The fraction of sp³-hybridized carbons (Fsp3) is 0.125. The Labute approximate surface area is 82.7 Å². The van der Waals surface area contributed by atoms with E-state index in [9.17, 15) is 9.18 Å². The Morgan fingerprint density at radius 1 is 1.62 bits per heavy atom. The van der Waals surface area contributed by atoms with Crippen LogP contribution in [-0.2, 0) is 0 Å². The van der Waals surface area contributed by atoms with Crippen LogP contribution < -0.4 is 5.32 Å². The van der Waals surface area contributed by atoms with E-state index in [0.29, 0.717) is 0 Å². The number of hydrogen-bond acceptors (Lipinski definition) is 2. The van der Waals surface area contributed by atoms with Gasteiger partial charge in [0, 0.05) is 12.6 Å². The van der Waals surface area contributed by atoms with Crippen LogP contribution in [0.25, 0.3) is 0 Å². The monoisotopic (exact) mass is 247 g/mol. The van der Waals surface area contributed by atoms with Crippen LogP contribution in [0.2, 0.25) is 0 Å². The lowest BCUT2D eigenvalue weighted by Gasteiger charge is -2.03. The molecule has 0 bridgehead atoms. The smallest absolute Gasteiger partial charge is 0.251 e. The molecule has 0 fully saturated rings. The number of carbonyl (C=O) groups excluding carboxylic acids is 1. The number of benzene rings is 1. The molecule has 0 spiro atoms. The van der Waals surface area contributed by atoms with Gasteiger partial charge in [0.25, 0.3) is 5.91 Å². The number of halogens is 2. The molecular weight excluding hydrogens is 241 g/mol. The molecule has 3 nitrogen and oxygen atoms in total. The first-order chi connectivity index (χ1) is 6.06. The number of phenols is 1. The largest absolute Gasteiger partial charge is 0.505 e. The van der Waals surface area contributed by atoms with E-state index in [2.05, 4.69) is 21.2 Å². The molecule has 70 valence electrons. The molecule has 5 heteroatoms. The van der Waals surface area contributed by atoms with Crippen LogP contribution in [-0.4, -0.2) is 18.1 Å². The summed E-state index contributed by atoms with van der Waals surface area (Å²) in [6, 6.07) is 2.37. The van der Waals surface area contributed by atoms with Crippen molar-refractivity contribution in [1.29, 1.82) is 0 Å². The molecule has 0 aliphatic heterocycles. The van der Waals surface area contributed by atoms with Crippen LogP contribution in [0.5, 0.6) is 5.75 Å². The van der Waals surface area contributed by atoms with E-state index in [4.69, 9.17) is 5.11 Å². The second-order valence-electron chi connectivity index (χ2n) is 2.37. The Morgan fingerprint density at radius 3 is 2.69 bits per heavy atom. The van der Waals surface area contributed by atoms with E-state index >= 15 is 0 Å². The van der Waals surface area contributed by atoms with Gasteiger partial charge >= 0.3 is 0 Å². The van der Waals surface area contributed by atoms with Crippen molar-refractivity contribution in [3.63, 3.8) is 0 Å². The van der Waals surface area contributed by atoms with Crippen molar-refractivity contribution in [3.05, 3.63) is 28.0 Å². The lowest BCUT2D eigenvalue weighted by Crippen LogP contribution is -2.17. The lowest BCUT2D eigenvalue weighted by molar-refractivity contribution is 0.0962. The highest BCUT2D eigenvalue weighted by molar-refractivity contribution is 9.10. The van der Waals surface area contributed by atoms with Crippen molar-refractivity contribution in [3.8, 4) is 5.75 Å². The molecule has 1 amide bonds. The van der Waals surface area contributed by atoms with Crippen molar-refractivity contribution in [2.45, 2.75) is 0 Å². The maximum absolute atomic E-state index is 12.8.